The molecule has 0 amide bonds. The van der Waals surface area contributed by atoms with Gasteiger partial charge in [-0.05, 0) is 62.9 Å². The molecule has 0 N–H and O–H groups in total. The van der Waals surface area contributed by atoms with Crippen molar-refractivity contribution in [3.8, 4) is 0 Å². The number of carbonyl (C=O) groups is 2. The SMILES string of the molecule is COC(=O)c1ccc(S(=O)(=O)O[C@H](CCCc2ccccc2)C(=O)OC(C)C)cc1. The highest BCUT2D eigenvalue weighted by molar-refractivity contribution is 7.86. The summed E-state index contributed by atoms with van der Waals surface area (Å²) in [6.45, 7) is 3.36. The molecule has 0 fully saturated rings. The zero-order valence-corrected chi connectivity index (χ0v) is 18.1. The number of hydrogen-bond donors (Lipinski definition) is 0. The van der Waals surface area contributed by atoms with E-state index in [1.54, 1.807) is 13.8 Å². The minimum atomic E-state index is -4.24. The zero-order chi connectivity index (χ0) is 22.1. The summed E-state index contributed by atoms with van der Waals surface area (Å²) in [5, 5.41) is 0. The van der Waals surface area contributed by atoms with Gasteiger partial charge in [0.25, 0.3) is 10.1 Å². The molecule has 2 rings (SSSR count). The predicted octanol–water partition coefficient (Wildman–Crippen LogP) is 3.52. The fourth-order valence-electron chi connectivity index (χ4n) is 2.73. The van der Waals surface area contributed by atoms with E-state index in [9.17, 15) is 18.0 Å². The van der Waals surface area contributed by atoms with E-state index in [0.29, 0.717) is 12.8 Å². The molecule has 0 aliphatic heterocycles. The Hall–Kier alpha value is -2.71. The van der Waals surface area contributed by atoms with Gasteiger partial charge in [0.15, 0.2) is 6.10 Å². The molecule has 2 aromatic carbocycles. The molecule has 0 aromatic heterocycles. The maximum Gasteiger partial charge on any atom is 0.337 e. The molecule has 0 saturated heterocycles. The van der Waals surface area contributed by atoms with Gasteiger partial charge in [0.1, 0.15) is 0 Å². The molecule has 0 heterocycles. The third-order valence-electron chi connectivity index (χ3n) is 4.20. The maximum atomic E-state index is 12.7. The number of carbonyl (C=O) groups excluding carboxylic acids is 2. The van der Waals surface area contributed by atoms with E-state index in [2.05, 4.69) is 4.74 Å². The second-order valence-corrected chi connectivity index (χ2v) is 8.49. The van der Waals surface area contributed by atoms with Crippen LogP contribution in [0.3, 0.4) is 0 Å². The van der Waals surface area contributed by atoms with Crippen molar-refractivity contribution in [2.24, 2.45) is 0 Å². The van der Waals surface area contributed by atoms with Crippen LogP contribution >= 0.6 is 0 Å². The third-order valence-corrected chi connectivity index (χ3v) is 5.53. The average molecular weight is 435 g/mol. The van der Waals surface area contributed by atoms with Crippen molar-refractivity contribution in [1.82, 2.24) is 0 Å². The van der Waals surface area contributed by atoms with Crippen LogP contribution in [0, 0.1) is 0 Å². The highest BCUT2D eigenvalue weighted by atomic mass is 32.2. The Labute approximate surface area is 177 Å². The monoisotopic (exact) mass is 434 g/mol. The van der Waals surface area contributed by atoms with Crippen molar-refractivity contribution in [3.05, 3.63) is 65.7 Å². The molecular formula is C22H26O7S. The number of methoxy groups -OCH3 is 1. The van der Waals surface area contributed by atoms with E-state index in [1.807, 2.05) is 30.3 Å². The summed E-state index contributed by atoms with van der Waals surface area (Å²) in [6, 6.07) is 14.8. The lowest BCUT2D eigenvalue weighted by molar-refractivity contribution is -0.156. The van der Waals surface area contributed by atoms with Gasteiger partial charge in [0, 0.05) is 0 Å². The Bertz CT molecular complexity index is 935. The topological polar surface area (TPSA) is 96.0 Å². The largest absolute Gasteiger partial charge is 0.465 e. The Balaban J connectivity index is 2.12. The van der Waals surface area contributed by atoms with E-state index >= 15 is 0 Å². The van der Waals surface area contributed by atoms with E-state index in [4.69, 9.17) is 8.92 Å². The number of hydrogen-bond acceptors (Lipinski definition) is 7. The number of esters is 2. The Kier molecular flexibility index (Phi) is 8.56. The quantitative estimate of drug-likeness (QED) is 0.417. The van der Waals surface area contributed by atoms with Crippen LogP contribution in [0.1, 0.15) is 42.6 Å². The fourth-order valence-corrected chi connectivity index (χ4v) is 3.79. The first-order valence-electron chi connectivity index (χ1n) is 9.59. The van der Waals surface area contributed by atoms with Crippen LogP contribution in [0.2, 0.25) is 0 Å². The summed E-state index contributed by atoms with van der Waals surface area (Å²) in [5.74, 6) is -1.31. The molecule has 30 heavy (non-hydrogen) atoms. The van der Waals surface area contributed by atoms with Gasteiger partial charge in [-0.3, -0.25) is 4.18 Å². The number of benzene rings is 2. The number of ether oxygens (including phenoxy) is 2. The first-order valence-corrected chi connectivity index (χ1v) is 11.0. The summed E-state index contributed by atoms with van der Waals surface area (Å²) < 4.78 is 40.3. The standard InChI is InChI=1S/C22H26O7S/c1-16(2)28-22(24)20(11-7-10-17-8-5-4-6-9-17)29-30(25,26)19-14-12-18(13-15-19)21(23)27-3/h4-6,8-9,12-16,20H,7,10-11H2,1-3H3/t20-/m1/s1. The Morgan fingerprint density at radius 3 is 2.17 bits per heavy atom. The van der Waals surface area contributed by atoms with E-state index in [0.717, 1.165) is 5.56 Å². The lowest BCUT2D eigenvalue weighted by atomic mass is 10.1. The summed E-state index contributed by atoms with van der Waals surface area (Å²) in [7, 11) is -3.00. The average Bonchev–Trinajstić information content (AvgIpc) is 2.72. The van der Waals surface area contributed by atoms with Crippen LogP contribution in [0.5, 0.6) is 0 Å². The van der Waals surface area contributed by atoms with Gasteiger partial charge >= 0.3 is 11.9 Å². The molecule has 0 spiro atoms. The zero-order valence-electron chi connectivity index (χ0n) is 17.2. The van der Waals surface area contributed by atoms with Crippen LogP contribution in [0.25, 0.3) is 0 Å². The van der Waals surface area contributed by atoms with Crippen LogP contribution in [0.4, 0.5) is 0 Å². The lowest BCUT2D eigenvalue weighted by Crippen LogP contribution is -2.31. The van der Waals surface area contributed by atoms with Gasteiger partial charge < -0.3 is 9.47 Å². The second kappa shape index (κ2) is 10.9. The second-order valence-electron chi connectivity index (χ2n) is 6.92. The van der Waals surface area contributed by atoms with Crippen molar-refractivity contribution < 1.29 is 31.7 Å². The van der Waals surface area contributed by atoms with Gasteiger partial charge in [0.2, 0.25) is 0 Å². The summed E-state index contributed by atoms with van der Waals surface area (Å²) >= 11 is 0. The van der Waals surface area contributed by atoms with Gasteiger partial charge in [-0.1, -0.05) is 30.3 Å². The third kappa shape index (κ3) is 6.96. The van der Waals surface area contributed by atoms with Gasteiger partial charge in [-0.25, -0.2) is 9.59 Å². The van der Waals surface area contributed by atoms with E-state index < -0.39 is 34.3 Å². The summed E-state index contributed by atoms with van der Waals surface area (Å²) in [5.41, 5.74) is 1.28. The van der Waals surface area contributed by atoms with Crippen molar-refractivity contribution in [2.75, 3.05) is 7.11 Å². The smallest absolute Gasteiger partial charge is 0.337 e. The van der Waals surface area contributed by atoms with E-state index in [1.165, 1.54) is 31.4 Å². The first-order chi connectivity index (χ1) is 14.2. The molecule has 0 unspecified atom stereocenters. The van der Waals surface area contributed by atoms with E-state index in [-0.39, 0.29) is 16.9 Å². The van der Waals surface area contributed by atoms with Crippen molar-refractivity contribution >= 4 is 22.1 Å². The molecule has 2 aromatic rings. The normalized spacial score (nSPS) is 12.4. The molecule has 0 radical (unpaired) electrons. The van der Waals surface area contributed by atoms with Gasteiger partial charge in [-0.15, -0.1) is 0 Å². The maximum absolute atomic E-state index is 12.7. The lowest BCUT2D eigenvalue weighted by Gasteiger charge is -2.18. The molecule has 0 aliphatic carbocycles. The molecule has 162 valence electrons. The molecule has 1 atom stereocenters. The van der Waals surface area contributed by atoms with Crippen LogP contribution in [0.15, 0.2) is 59.5 Å². The number of rotatable bonds is 10. The first kappa shape index (κ1) is 23.6. The minimum Gasteiger partial charge on any atom is -0.465 e. The fraction of sp³-hybridized carbons (Fsp3) is 0.364. The number of aryl methyl sites for hydroxylation is 1. The van der Waals surface area contributed by atoms with Gasteiger partial charge in [-0.2, -0.15) is 8.42 Å². The summed E-state index contributed by atoms with van der Waals surface area (Å²) in [6.07, 6.45) is -0.275. The van der Waals surface area contributed by atoms with Crippen LogP contribution in [-0.2, 0) is 35.0 Å². The molecule has 7 nitrogen and oxygen atoms in total. The molecule has 0 saturated carbocycles. The van der Waals surface area contributed by atoms with Crippen molar-refractivity contribution in [2.45, 2.75) is 50.2 Å². The molecule has 8 heteroatoms. The molecular weight excluding hydrogens is 408 g/mol. The van der Waals surface area contributed by atoms with Gasteiger partial charge in [0.05, 0.1) is 23.7 Å². The highest BCUT2D eigenvalue weighted by Gasteiger charge is 2.29. The van der Waals surface area contributed by atoms with Crippen molar-refractivity contribution in [1.29, 1.82) is 0 Å². The minimum absolute atomic E-state index is 0.166. The molecule has 0 bridgehead atoms. The Morgan fingerprint density at radius 1 is 0.967 bits per heavy atom. The van der Waals surface area contributed by atoms with Crippen molar-refractivity contribution in [3.63, 3.8) is 0 Å². The predicted molar refractivity (Wildman–Crippen MR) is 110 cm³/mol. The molecule has 0 aliphatic rings. The highest BCUT2D eigenvalue weighted by Crippen LogP contribution is 2.20. The Morgan fingerprint density at radius 2 is 1.60 bits per heavy atom. The van der Waals surface area contributed by atoms with Crippen LogP contribution < -0.4 is 0 Å². The summed E-state index contributed by atoms with van der Waals surface area (Å²) in [4.78, 5) is 23.8. The van der Waals surface area contributed by atoms with Crippen LogP contribution in [-0.4, -0.2) is 39.7 Å².